The van der Waals surface area contributed by atoms with Gasteiger partial charge in [-0.2, -0.15) is 11.8 Å². The SMILES string of the molecule is CCNCC1CCC(CN2CCSC(C)C2)O1. The molecule has 0 bridgehead atoms. The molecule has 0 amide bonds. The summed E-state index contributed by atoms with van der Waals surface area (Å²) in [6.45, 7) is 10.2. The molecule has 0 aromatic rings. The van der Waals surface area contributed by atoms with Crippen LogP contribution in [-0.4, -0.2) is 60.8 Å². The summed E-state index contributed by atoms with van der Waals surface area (Å²) in [5, 5.41) is 4.17. The minimum atomic E-state index is 0.455. The summed E-state index contributed by atoms with van der Waals surface area (Å²) in [6, 6.07) is 0. The lowest BCUT2D eigenvalue weighted by molar-refractivity contribution is 0.0244. The van der Waals surface area contributed by atoms with Crippen LogP contribution in [0, 0.1) is 0 Å². The van der Waals surface area contributed by atoms with Crippen molar-refractivity contribution in [3.63, 3.8) is 0 Å². The zero-order valence-electron chi connectivity index (χ0n) is 11.2. The van der Waals surface area contributed by atoms with Crippen molar-refractivity contribution in [2.24, 2.45) is 0 Å². The minimum Gasteiger partial charge on any atom is -0.372 e. The molecular weight excluding hydrogens is 232 g/mol. The van der Waals surface area contributed by atoms with Crippen LogP contribution < -0.4 is 5.32 Å². The third-order valence-corrected chi connectivity index (χ3v) is 4.74. The molecule has 4 heteroatoms. The summed E-state index contributed by atoms with van der Waals surface area (Å²) >= 11 is 2.10. The molecule has 100 valence electrons. The van der Waals surface area contributed by atoms with Gasteiger partial charge in [-0.25, -0.2) is 0 Å². The van der Waals surface area contributed by atoms with Gasteiger partial charge in [0.05, 0.1) is 12.2 Å². The summed E-state index contributed by atoms with van der Waals surface area (Å²) in [7, 11) is 0. The molecule has 0 saturated carbocycles. The Morgan fingerprint density at radius 3 is 2.94 bits per heavy atom. The van der Waals surface area contributed by atoms with Crippen molar-refractivity contribution >= 4 is 11.8 Å². The van der Waals surface area contributed by atoms with Crippen LogP contribution in [0.4, 0.5) is 0 Å². The monoisotopic (exact) mass is 258 g/mol. The summed E-state index contributed by atoms with van der Waals surface area (Å²) in [5.41, 5.74) is 0. The maximum Gasteiger partial charge on any atom is 0.0707 e. The second-order valence-corrected chi connectivity index (χ2v) is 6.75. The summed E-state index contributed by atoms with van der Waals surface area (Å²) < 4.78 is 6.09. The fraction of sp³-hybridized carbons (Fsp3) is 1.00. The van der Waals surface area contributed by atoms with Gasteiger partial charge in [0.25, 0.3) is 0 Å². The molecule has 3 atom stereocenters. The predicted molar refractivity (Wildman–Crippen MR) is 74.8 cm³/mol. The Morgan fingerprint density at radius 1 is 1.35 bits per heavy atom. The highest BCUT2D eigenvalue weighted by molar-refractivity contribution is 7.99. The topological polar surface area (TPSA) is 24.5 Å². The highest BCUT2D eigenvalue weighted by atomic mass is 32.2. The van der Waals surface area contributed by atoms with E-state index in [4.69, 9.17) is 4.74 Å². The van der Waals surface area contributed by atoms with Gasteiger partial charge in [-0.3, -0.25) is 4.90 Å². The van der Waals surface area contributed by atoms with E-state index < -0.39 is 0 Å². The molecule has 17 heavy (non-hydrogen) atoms. The number of thioether (sulfide) groups is 1. The van der Waals surface area contributed by atoms with E-state index in [1.165, 1.54) is 31.7 Å². The Morgan fingerprint density at radius 2 is 2.18 bits per heavy atom. The van der Waals surface area contributed by atoms with Crippen LogP contribution in [0.25, 0.3) is 0 Å². The van der Waals surface area contributed by atoms with E-state index in [-0.39, 0.29) is 0 Å². The van der Waals surface area contributed by atoms with Crippen LogP contribution in [0.5, 0.6) is 0 Å². The van der Waals surface area contributed by atoms with Gasteiger partial charge >= 0.3 is 0 Å². The van der Waals surface area contributed by atoms with E-state index in [1.807, 2.05) is 0 Å². The van der Waals surface area contributed by atoms with Crippen LogP contribution in [0.2, 0.25) is 0 Å². The zero-order valence-corrected chi connectivity index (χ0v) is 12.0. The molecule has 2 heterocycles. The molecule has 2 saturated heterocycles. The largest absolute Gasteiger partial charge is 0.372 e. The molecule has 0 aliphatic carbocycles. The van der Waals surface area contributed by atoms with Crippen molar-refractivity contribution in [3.05, 3.63) is 0 Å². The van der Waals surface area contributed by atoms with Gasteiger partial charge in [-0.15, -0.1) is 0 Å². The second kappa shape index (κ2) is 6.98. The third kappa shape index (κ3) is 4.43. The molecule has 0 spiro atoms. The lowest BCUT2D eigenvalue weighted by Crippen LogP contribution is -2.41. The minimum absolute atomic E-state index is 0.455. The molecule has 1 N–H and O–H groups in total. The van der Waals surface area contributed by atoms with E-state index in [1.54, 1.807) is 0 Å². The number of nitrogens with one attached hydrogen (secondary N) is 1. The third-order valence-electron chi connectivity index (χ3n) is 3.60. The van der Waals surface area contributed by atoms with Crippen LogP contribution >= 0.6 is 11.8 Å². The quantitative estimate of drug-likeness (QED) is 0.809. The molecule has 2 aliphatic rings. The number of rotatable bonds is 5. The summed E-state index contributed by atoms with van der Waals surface area (Å²) in [4.78, 5) is 2.58. The molecule has 2 fully saturated rings. The van der Waals surface area contributed by atoms with Gasteiger partial charge in [0.15, 0.2) is 0 Å². The van der Waals surface area contributed by atoms with Crippen molar-refractivity contribution in [2.45, 2.75) is 44.1 Å². The van der Waals surface area contributed by atoms with Crippen molar-refractivity contribution in [3.8, 4) is 0 Å². The molecule has 0 radical (unpaired) electrons. The first-order valence-corrected chi connectivity index (χ1v) is 8.03. The van der Waals surface area contributed by atoms with Crippen LogP contribution in [-0.2, 0) is 4.74 Å². The number of likely N-dealkylation sites (N-methyl/N-ethyl adjacent to an activating group) is 1. The highest BCUT2D eigenvalue weighted by Gasteiger charge is 2.27. The molecule has 0 aromatic carbocycles. The Balaban J connectivity index is 1.66. The summed E-state index contributed by atoms with van der Waals surface area (Å²) in [6.07, 6.45) is 3.41. The molecular formula is C13H26N2OS. The lowest BCUT2D eigenvalue weighted by atomic mass is 10.2. The van der Waals surface area contributed by atoms with Crippen molar-refractivity contribution in [1.82, 2.24) is 10.2 Å². The first-order valence-electron chi connectivity index (χ1n) is 6.98. The average molecular weight is 258 g/mol. The van der Waals surface area contributed by atoms with Crippen molar-refractivity contribution < 1.29 is 4.74 Å². The van der Waals surface area contributed by atoms with Crippen LogP contribution in [0.15, 0.2) is 0 Å². The van der Waals surface area contributed by atoms with Crippen molar-refractivity contribution in [2.75, 3.05) is 38.5 Å². The van der Waals surface area contributed by atoms with Gasteiger partial charge in [0.2, 0.25) is 0 Å². The molecule has 3 nitrogen and oxygen atoms in total. The molecule has 3 unspecified atom stereocenters. The van der Waals surface area contributed by atoms with E-state index in [2.05, 4.69) is 35.8 Å². The number of hydrogen-bond acceptors (Lipinski definition) is 4. The maximum absolute atomic E-state index is 6.09. The van der Waals surface area contributed by atoms with Crippen LogP contribution in [0.1, 0.15) is 26.7 Å². The Kier molecular flexibility index (Phi) is 5.60. The maximum atomic E-state index is 6.09. The van der Waals surface area contributed by atoms with E-state index in [0.717, 1.165) is 24.9 Å². The fourth-order valence-corrected chi connectivity index (χ4v) is 3.80. The van der Waals surface area contributed by atoms with E-state index in [9.17, 15) is 0 Å². The molecule has 2 aliphatic heterocycles. The number of hydrogen-bond donors (Lipinski definition) is 1. The molecule has 0 aromatic heterocycles. The standard InChI is InChI=1S/C13H26N2OS/c1-3-14-8-12-4-5-13(16-12)10-15-6-7-17-11(2)9-15/h11-14H,3-10H2,1-2H3. The van der Waals surface area contributed by atoms with E-state index >= 15 is 0 Å². The zero-order chi connectivity index (χ0) is 12.1. The van der Waals surface area contributed by atoms with Gasteiger partial charge in [-0.1, -0.05) is 13.8 Å². The fourth-order valence-electron chi connectivity index (χ4n) is 2.71. The van der Waals surface area contributed by atoms with E-state index in [0.29, 0.717) is 12.2 Å². The average Bonchev–Trinajstić information content (AvgIpc) is 2.74. The Bertz CT molecular complexity index is 227. The smallest absolute Gasteiger partial charge is 0.0707 e. The number of ether oxygens (including phenoxy) is 1. The highest BCUT2D eigenvalue weighted by Crippen LogP contribution is 2.23. The van der Waals surface area contributed by atoms with Gasteiger partial charge in [0.1, 0.15) is 0 Å². The first-order chi connectivity index (χ1) is 8.28. The normalized spacial score (nSPS) is 35.3. The summed E-state index contributed by atoms with van der Waals surface area (Å²) in [5.74, 6) is 1.29. The lowest BCUT2D eigenvalue weighted by Gasteiger charge is -2.32. The first kappa shape index (κ1) is 13.7. The number of nitrogens with zero attached hydrogens (tertiary/aromatic N) is 1. The second-order valence-electron chi connectivity index (χ2n) is 5.21. The van der Waals surface area contributed by atoms with Gasteiger partial charge < -0.3 is 10.1 Å². The van der Waals surface area contributed by atoms with Gasteiger partial charge in [-0.05, 0) is 19.4 Å². The van der Waals surface area contributed by atoms with Crippen LogP contribution in [0.3, 0.4) is 0 Å². The predicted octanol–water partition coefficient (Wildman–Crippen LogP) is 1.58. The van der Waals surface area contributed by atoms with Crippen molar-refractivity contribution in [1.29, 1.82) is 0 Å². The molecule has 2 rings (SSSR count). The van der Waals surface area contributed by atoms with Gasteiger partial charge in [0, 0.05) is 37.2 Å². The Hall–Kier alpha value is 0.230. The Labute approximate surface area is 110 Å².